The highest BCUT2D eigenvalue weighted by Crippen LogP contribution is 2.26. The molecule has 2 aromatic rings. The average Bonchev–Trinajstić information content (AvgIpc) is 2.65. The summed E-state index contributed by atoms with van der Waals surface area (Å²) in [5.74, 6) is 0.897. The summed E-state index contributed by atoms with van der Waals surface area (Å²) in [5.41, 5.74) is 6.60. The summed E-state index contributed by atoms with van der Waals surface area (Å²) in [5, 5.41) is 3.75. The maximum Gasteiger partial charge on any atom is 0.222 e. The molecular formula is C9H9N3O2. The summed E-state index contributed by atoms with van der Waals surface area (Å²) in [6, 6.07) is 5.18. The highest BCUT2D eigenvalue weighted by atomic mass is 16.5. The molecule has 0 saturated heterocycles. The molecule has 2 heterocycles. The van der Waals surface area contributed by atoms with Crippen molar-refractivity contribution in [2.75, 3.05) is 12.8 Å². The second-order valence-corrected chi connectivity index (χ2v) is 2.67. The van der Waals surface area contributed by atoms with Crippen LogP contribution in [-0.4, -0.2) is 17.3 Å². The SMILES string of the molecule is COc1cccnc1-c1cc(N)on1. The van der Waals surface area contributed by atoms with E-state index in [-0.39, 0.29) is 5.88 Å². The van der Waals surface area contributed by atoms with Gasteiger partial charge in [0, 0.05) is 12.3 Å². The zero-order chi connectivity index (χ0) is 9.97. The predicted molar refractivity (Wildman–Crippen MR) is 50.7 cm³/mol. The van der Waals surface area contributed by atoms with Gasteiger partial charge < -0.3 is 15.0 Å². The lowest BCUT2D eigenvalue weighted by Gasteiger charge is -2.02. The van der Waals surface area contributed by atoms with E-state index in [0.717, 1.165) is 0 Å². The number of nitrogen functional groups attached to an aromatic ring is 1. The molecule has 0 aromatic carbocycles. The van der Waals surface area contributed by atoms with Crippen molar-refractivity contribution in [1.29, 1.82) is 0 Å². The number of aromatic nitrogens is 2. The van der Waals surface area contributed by atoms with E-state index < -0.39 is 0 Å². The molecule has 0 atom stereocenters. The number of ether oxygens (including phenoxy) is 1. The van der Waals surface area contributed by atoms with E-state index >= 15 is 0 Å². The van der Waals surface area contributed by atoms with Crippen LogP contribution in [0.1, 0.15) is 0 Å². The molecular weight excluding hydrogens is 182 g/mol. The molecule has 2 rings (SSSR count). The highest BCUT2D eigenvalue weighted by Gasteiger charge is 2.10. The van der Waals surface area contributed by atoms with Gasteiger partial charge in [0.25, 0.3) is 0 Å². The van der Waals surface area contributed by atoms with E-state index in [0.29, 0.717) is 17.1 Å². The Morgan fingerprint density at radius 2 is 2.36 bits per heavy atom. The van der Waals surface area contributed by atoms with Crippen molar-refractivity contribution in [3.63, 3.8) is 0 Å². The Morgan fingerprint density at radius 1 is 1.50 bits per heavy atom. The van der Waals surface area contributed by atoms with E-state index in [1.165, 1.54) is 0 Å². The van der Waals surface area contributed by atoms with Crippen molar-refractivity contribution in [2.45, 2.75) is 0 Å². The molecule has 0 amide bonds. The van der Waals surface area contributed by atoms with E-state index in [9.17, 15) is 0 Å². The molecule has 0 aliphatic heterocycles. The fourth-order valence-corrected chi connectivity index (χ4v) is 1.15. The second-order valence-electron chi connectivity index (χ2n) is 2.67. The van der Waals surface area contributed by atoms with Crippen molar-refractivity contribution in [3.8, 4) is 17.1 Å². The molecule has 0 saturated carbocycles. The smallest absolute Gasteiger partial charge is 0.222 e. The number of rotatable bonds is 2. The first-order valence-electron chi connectivity index (χ1n) is 4.03. The molecule has 14 heavy (non-hydrogen) atoms. The van der Waals surface area contributed by atoms with Crippen LogP contribution in [0.5, 0.6) is 5.75 Å². The van der Waals surface area contributed by atoms with Gasteiger partial charge in [-0.05, 0) is 12.1 Å². The molecule has 5 heteroatoms. The summed E-state index contributed by atoms with van der Waals surface area (Å²) in [6.45, 7) is 0. The third-order valence-electron chi connectivity index (χ3n) is 1.76. The molecule has 72 valence electrons. The van der Waals surface area contributed by atoms with Crippen molar-refractivity contribution < 1.29 is 9.26 Å². The van der Waals surface area contributed by atoms with Gasteiger partial charge in [0.2, 0.25) is 5.88 Å². The van der Waals surface area contributed by atoms with E-state index in [1.54, 1.807) is 31.5 Å². The lowest BCUT2D eigenvalue weighted by Crippen LogP contribution is -1.90. The summed E-state index contributed by atoms with van der Waals surface area (Å²) in [6.07, 6.45) is 1.66. The lowest BCUT2D eigenvalue weighted by molar-refractivity contribution is 0.412. The molecule has 0 unspecified atom stereocenters. The van der Waals surface area contributed by atoms with Crippen molar-refractivity contribution in [3.05, 3.63) is 24.4 Å². The van der Waals surface area contributed by atoms with Crippen LogP contribution in [0.15, 0.2) is 28.9 Å². The first kappa shape index (κ1) is 8.55. The molecule has 0 radical (unpaired) electrons. The largest absolute Gasteiger partial charge is 0.494 e. The van der Waals surface area contributed by atoms with Crippen LogP contribution in [-0.2, 0) is 0 Å². The quantitative estimate of drug-likeness (QED) is 0.775. The summed E-state index contributed by atoms with van der Waals surface area (Å²) < 4.78 is 9.87. The normalized spacial score (nSPS) is 10.1. The third-order valence-corrected chi connectivity index (χ3v) is 1.76. The molecule has 0 fully saturated rings. The minimum Gasteiger partial charge on any atom is -0.494 e. The van der Waals surface area contributed by atoms with E-state index in [4.69, 9.17) is 15.0 Å². The average molecular weight is 191 g/mol. The van der Waals surface area contributed by atoms with Gasteiger partial charge in [0.15, 0.2) is 0 Å². The number of methoxy groups -OCH3 is 1. The van der Waals surface area contributed by atoms with Crippen LogP contribution < -0.4 is 10.5 Å². The van der Waals surface area contributed by atoms with Crippen LogP contribution in [0.3, 0.4) is 0 Å². The topological polar surface area (TPSA) is 74.2 Å². The molecule has 0 spiro atoms. The minimum absolute atomic E-state index is 0.257. The Hall–Kier alpha value is -2.04. The maximum atomic E-state index is 5.41. The molecule has 0 bridgehead atoms. The minimum atomic E-state index is 0.257. The Balaban J connectivity index is 2.50. The monoisotopic (exact) mass is 191 g/mol. The molecule has 5 nitrogen and oxygen atoms in total. The van der Waals surface area contributed by atoms with Crippen LogP contribution in [0.2, 0.25) is 0 Å². The van der Waals surface area contributed by atoms with Gasteiger partial charge in [-0.25, -0.2) is 0 Å². The van der Waals surface area contributed by atoms with Gasteiger partial charge in [-0.2, -0.15) is 0 Å². The Bertz CT molecular complexity index is 439. The number of anilines is 1. The Labute approximate surface area is 80.5 Å². The number of pyridine rings is 1. The van der Waals surface area contributed by atoms with Gasteiger partial charge in [-0.3, -0.25) is 4.98 Å². The van der Waals surface area contributed by atoms with Gasteiger partial charge in [0.05, 0.1) is 7.11 Å². The molecule has 2 aromatic heterocycles. The third kappa shape index (κ3) is 1.39. The fraction of sp³-hybridized carbons (Fsp3) is 0.111. The van der Waals surface area contributed by atoms with Crippen LogP contribution in [0.25, 0.3) is 11.4 Å². The number of nitrogens with two attached hydrogens (primary N) is 1. The number of hydrogen-bond acceptors (Lipinski definition) is 5. The Morgan fingerprint density at radius 3 is 3.00 bits per heavy atom. The highest BCUT2D eigenvalue weighted by molar-refractivity contribution is 5.63. The number of nitrogens with zero attached hydrogens (tertiary/aromatic N) is 2. The zero-order valence-electron chi connectivity index (χ0n) is 7.60. The zero-order valence-corrected chi connectivity index (χ0v) is 7.60. The molecule has 0 aliphatic carbocycles. The fourth-order valence-electron chi connectivity index (χ4n) is 1.15. The predicted octanol–water partition coefficient (Wildman–Crippen LogP) is 1.33. The second kappa shape index (κ2) is 3.37. The van der Waals surface area contributed by atoms with E-state index in [1.807, 2.05) is 0 Å². The van der Waals surface area contributed by atoms with Crippen molar-refractivity contribution in [2.24, 2.45) is 0 Å². The lowest BCUT2D eigenvalue weighted by atomic mass is 10.2. The first-order valence-corrected chi connectivity index (χ1v) is 4.03. The standard InChI is InChI=1S/C9H9N3O2/c1-13-7-3-2-4-11-9(7)6-5-8(10)14-12-6/h2-5H,10H2,1H3. The molecule has 0 aliphatic rings. The number of hydrogen-bond donors (Lipinski definition) is 1. The van der Waals surface area contributed by atoms with Gasteiger partial charge >= 0.3 is 0 Å². The van der Waals surface area contributed by atoms with E-state index in [2.05, 4.69) is 10.1 Å². The van der Waals surface area contributed by atoms with Gasteiger partial charge in [-0.1, -0.05) is 5.16 Å². The molecule has 2 N–H and O–H groups in total. The van der Waals surface area contributed by atoms with Crippen molar-refractivity contribution >= 4 is 5.88 Å². The summed E-state index contributed by atoms with van der Waals surface area (Å²) in [4.78, 5) is 4.13. The van der Waals surface area contributed by atoms with Crippen LogP contribution in [0.4, 0.5) is 5.88 Å². The summed E-state index contributed by atoms with van der Waals surface area (Å²) >= 11 is 0. The first-order chi connectivity index (χ1) is 6.81. The van der Waals surface area contributed by atoms with Crippen LogP contribution in [0, 0.1) is 0 Å². The maximum absolute atomic E-state index is 5.41. The van der Waals surface area contributed by atoms with Crippen molar-refractivity contribution in [1.82, 2.24) is 10.1 Å². The van der Waals surface area contributed by atoms with Gasteiger partial charge in [-0.15, -0.1) is 0 Å². The summed E-state index contributed by atoms with van der Waals surface area (Å²) in [7, 11) is 1.57. The van der Waals surface area contributed by atoms with Gasteiger partial charge in [0.1, 0.15) is 17.1 Å². The Kier molecular flexibility index (Phi) is 2.06. The van der Waals surface area contributed by atoms with Crippen LogP contribution >= 0.6 is 0 Å².